The third-order valence-electron chi connectivity index (χ3n) is 2.46. The smallest absolute Gasteiger partial charge is 0.294 e. The topological polar surface area (TPSA) is 105 Å². The van der Waals surface area contributed by atoms with Gasteiger partial charge in [0.2, 0.25) is 11.7 Å². The van der Waals surface area contributed by atoms with Crippen LogP contribution in [0.25, 0.3) is 0 Å². The summed E-state index contributed by atoms with van der Waals surface area (Å²) in [6.45, 7) is 8.13. The predicted molar refractivity (Wildman–Crippen MR) is 70.4 cm³/mol. The van der Waals surface area contributed by atoms with Gasteiger partial charge in [0.25, 0.3) is 5.91 Å². The Balaban J connectivity index is 2.87. The van der Waals surface area contributed by atoms with Gasteiger partial charge in [-0.05, 0) is 5.92 Å². The van der Waals surface area contributed by atoms with Crippen molar-refractivity contribution in [1.82, 2.24) is 20.1 Å². The van der Waals surface area contributed by atoms with Gasteiger partial charge in [-0.3, -0.25) is 14.7 Å². The summed E-state index contributed by atoms with van der Waals surface area (Å²) in [6, 6.07) is 0. The van der Waals surface area contributed by atoms with Gasteiger partial charge in [0.05, 0.1) is 6.54 Å². The lowest BCUT2D eigenvalue weighted by atomic mass is 10.2. The number of aromatic nitrogens is 3. The molecule has 7 nitrogen and oxygen atoms in total. The Labute approximate surface area is 112 Å². The van der Waals surface area contributed by atoms with Gasteiger partial charge in [-0.1, -0.05) is 27.7 Å². The summed E-state index contributed by atoms with van der Waals surface area (Å²) in [6.07, 6.45) is 0. The zero-order chi connectivity index (χ0) is 14.6. The summed E-state index contributed by atoms with van der Waals surface area (Å²) in [4.78, 5) is 28.8. The highest BCUT2D eigenvalue weighted by Crippen LogP contribution is 2.09. The van der Waals surface area contributed by atoms with Crippen LogP contribution in [0.5, 0.6) is 0 Å². The van der Waals surface area contributed by atoms with E-state index in [1.54, 1.807) is 0 Å². The van der Waals surface area contributed by atoms with Gasteiger partial charge >= 0.3 is 0 Å². The maximum Gasteiger partial charge on any atom is 0.294 e. The number of aromatic amines is 1. The summed E-state index contributed by atoms with van der Waals surface area (Å²) in [7, 11) is 0. The number of hydrogen-bond acceptors (Lipinski definition) is 4. The molecule has 0 fully saturated rings. The molecule has 0 saturated heterocycles. The zero-order valence-corrected chi connectivity index (χ0v) is 11.8. The van der Waals surface area contributed by atoms with Crippen molar-refractivity contribution < 1.29 is 9.59 Å². The summed E-state index contributed by atoms with van der Waals surface area (Å²) >= 11 is 0. The second-order valence-corrected chi connectivity index (χ2v) is 5.24. The molecule has 0 aliphatic heterocycles. The van der Waals surface area contributed by atoms with Gasteiger partial charge in [0.15, 0.2) is 0 Å². The van der Waals surface area contributed by atoms with Crippen molar-refractivity contribution >= 4 is 11.8 Å². The van der Waals surface area contributed by atoms with Crippen molar-refractivity contribution in [2.45, 2.75) is 33.6 Å². The van der Waals surface area contributed by atoms with Crippen LogP contribution in [-0.4, -0.2) is 45.0 Å². The Morgan fingerprint density at radius 2 is 1.95 bits per heavy atom. The average molecular weight is 267 g/mol. The number of nitrogens with two attached hydrogens (primary N) is 1. The molecular formula is C12H21N5O2. The van der Waals surface area contributed by atoms with Crippen molar-refractivity contribution in [3.8, 4) is 0 Å². The van der Waals surface area contributed by atoms with Crippen LogP contribution in [0.3, 0.4) is 0 Å². The fraction of sp³-hybridized carbons (Fsp3) is 0.667. The van der Waals surface area contributed by atoms with E-state index in [4.69, 9.17) is 5.73 Å². The first kappa shape index (κ1) is 15.1. The second kappa shape index (κ2) is 6.31. The molecule has 0 unspecified atom stereocenters. The molecule has 19 heavy (non-hydrogen) atoms. The van der Waals surface area contributed by atoms with E-state index in [0.29, 0.717) is 12.4 Å². The number of primary amides is 1. The van der Waals surface area contributed by atoms with Crippen LogP contribution in [0.1, 0.15) is 50.1 Å². The molecule has 106 valence electrons. The van der Waals surface area contributed by atoms with Crippen LogP contribution >= 0.6 is 0 Å². The lowest BCUT2D eigenvalue weighted by Gasteiger charge is -2.21. The number of carbonyl (C=O) groups excluding carboxylic acids is 2. The van der Waals surface area contributed by atoms with Gasteiger partial charge in [0, 0.05) is 12.5 Å². The lowest BCUT2D eigenvalue weighted by Crippen LogP contribution is -2.41. The minimum atomic E-state index is -0.548. The zero-order valence-electron chi connectivity index (χ0n) is 11.8. The quantitative estimate of drug-likeness (QED) is 0.783. The molecule has 3 N–H and O–H groups in total. The molecule has 0 bridgehead atoms. The standard InChI is InChI=1S/C12H21N5O2/c1-7(2)5-17(6-9(13)18)12(19)11-14-10(8(3)4)15-16-11/h7-8H,5-6H2,1-4H3,(H2,13,18)(H,14,15,16). The highest BCUT2D eigenvalue weighted by atomic mass is 16.2. The van der Waals surface area contributed by atoms with Crippen molar-refractivity contribution in [2.24, 2.45) is 11.7 Å². The van der Waals surface area contributed by atoms with Crippen LogP contribution in [0.2, 0.25) is 0 Å². The molecule has 2 amide bonds. The highest BCUT2D eigenvalue weighted by Gasteiger charge is 2.23. The fourth-order valence-electron chi connectivity index (χ4n) is 1.62. The highest BCUT2D eigenvalue weighted by molar-refractivity contribution is 5.93. The third kappa shape index (κ3) is 4.35. The Morgan fingerprint density at radius 3 is 2.37 bits per heavy atom. The van der Waals surface area contributed by atoms with E-state index >= 15 is 0 Å². The molecule has 0 aromatic carbocycles. The summed E-state index contributed by atoms with van der Waals surface area (Å²) < 4.78 is 0. The van der Waals surface area contributed by atoms with Crippen molar-refractivity contribution in [1.29, 1.82) is 0 Å². The van der Waals surface area contributed by atoms with Crippen LogP contribution in [-0.2, 0) is 4.79 Å². The monoisotopic (exact) mass is 267 g/mol. The van der Waals surface area contributed by atoms with Crippen molar-refractivity contribution in [3.05, 3.63) is 11.6 Å². The van der Waals surface area contributed by atoms with E-state index in [9.17, 15) is 9.59 Å². The Kier molecular flexibility index (Phi) is 5.02. The van der Waals surface area contributed by atoms with Gasteiger partial charge in [-0.15, -0.1) is 5.10 Å². The molecule has 0 aliphatic carbocycles. The second-order valence-electron chi connectivity index (χ2n) is 5.24. The molecule has 7 heteroatoms. The van der Waals surface area contributed by atoms with E-state index in [0.717, 1.165) is 0 Å². The summed E-state index contributed by atoms with van der Waals surface area (Å²) in [5.41, 5.74) is 5.16. The van der Waals surface area contributed by atoms with Crippen LogP contribution in [0, 0.1) is 5.92 Å². The molecule has 1 aromatic heterocycles. The van der Waals surface area contributed by atoms with E-state index in [1.165, 1.54) is 4.90 Å². The molecule has 0 radical (unpaired) electrons. The summed E-state index contributed by atoms with van der Waals surface area (Å²) in [5, 5.41) is 6.62. The predicted octanol–water partition coefficient (Wildman–Crippen LogP) is 0.512. The number of nitrogens with zero attached hydrogens (tertiary/aromatic N) is 3. The van der Waals surface area contributed by atoms with Crippen LogP contribution < -0.4 is 5.73 Å². The normalized spacial score (nSPS) is 11.1. The number of nitrogens with one attached hydrogen (secondary N) is 1. The maximum absolute atomic E-state index is 12.2. The van der Waals surface area contributed by atoms with Gasteiger partial charge in [-0.25, -0.2) is 4.98 Å². The lowest BCUT2D eigenvalue weighted by molar-refractivity contribution is -0.118. The Bertz CT molecular complexity index is 453. The first-order chi connectivity index (χ1) is 8.81. The molecule has 0 atom stereocenters. The first-order valence-corrected chi connectivity index (χ1v) is 6.31. The van der Waals surface area contributed by atoms with Gasteiger partial charge in [0.1, 0.15) is 5.82 Å². The van der Waals surface area contributed by atoms with E-state index in [-0.39, 0.29) is 30.1 Å². The summed E-state index contributed by atoms with van der Waals surface area (Å²) in [5.74, 6) is 0.178. The minimum absolute atomic E-state index is 0.0746. The molecule has 0 aliphatic rings. The van der Waals surface area contributed by atoms with Gasteiger partial charge < -0.3 is 10.6 Å². The van der Waals surface area contributed by atoms with E-state index in [1.807, 2.05) is 27.7 Å². The van der Waals surface area contributed by atoms with Gasteiger partial charge in [-0.2, -0.15) is 0 Å². The van der Waals surface area contributed by atoms with Crippen LogP contribution in [0.15, 0.2) is 0 Å². The molecule has 1 heterocycles. The Hall–Kier alpha value is -1.92. The molecule has 0 spiro atoms. The average Bonchev–Trinajstić information content (AvgIpc) is 2.75. The van der Waals surface area contributed by atoms with Crippen LogP contribution in [0.4, 0.5) is 0 Å². The number of H-pyrrole nitrogens is 1. The maximum atomic E-state index is 12.2. The minimum Gasteiger partial charge on any atom is -0.368 e. The van der Waals surface area contributed by atoms with E-state index < -0.39 is 5.91 Å². The van der Waals surface area contributed by atoms with Crippen molar-refractivity contribution in [2.75, 3.05) is 13.1 Å². The largest absolute Gasteiger partial charge is 0.368 e. The molecule has 1 rings (SSSR count). The third-order valence-corrected chi connectivity index (χ3v) is 2.46. The van der Waals surface area contributed by atoms with E-state index in [2.05, 4.69) is 15.2 Å². The number of carbonyl (C=O) groups is 2. The molecular weight excluding hydrogens is 246 g/mol. The molecule has 0 saturated carbocycles. The first-order valence-electron chi connectivity index (χ1n) is 6.31. The number of rotatable bonds is 6. The fourth-order valence-corrected chi connectivity index (χ4v) is 1.62. The van der Waals surface area contributed by atoms with Crippen molar-refractivity contribution in [3.63, 3.8) is 0 Å². The number of hydrogen-bond donors (Lipinski definition) is 2. The molecule has 1 aromatic rings. The SMILES string of the molecule is CC(C)CN(CC(N)=O)C(=O)c1n[nH]c(C(C)C)n1. The number of amides is 2. The Morgan fingerprint density at radius 1 is 1.32 bits per heavy atom.